The lowest BCUT2D eigenvalue weighted by molar-refractivity contribution is -0.138. The number of ether oxygens (including phenoxy) is 1. The van der Waals surface area contributed by atoms with Crippen molar-refractivity contribution in [2.24, 2.45) is 5.92 Å². The fourth-order valence-electron chi connectivity index (χ4n) is 3.30. The normalized spacial score (nSPS) is 16.8. The molecule has 1 amide bonds. The Labute approximate surface area is 149 Å². The van der Waals surface area contributed by atoms with Crippen LogP contribution in [0.5, 0.6) is 0 Å². The number of amides is 1. The Morgan fingerprint density at radius 1 is 0.920 bits per heavy atom. The molecule has 0 radical (unpaired) electrons. The molecule has 0 aliphatic heterocycles. The zero-order valence-corrected chi connectivity index (χ0v) is 14.5. The topological polar surface area (TPSA) is 29.5 Å². The summed E-state index contributed by atoms with van der Waals surface area (Å²) >= 11 is 0. The smallest absolute Gasteiger partial charge is 0.248 e. The second-order valence-corrected chi connectivity index (χ2v) is 7.23. The average molecular weight is 335 g/mol. The number of rotatable bonds is 8. The third-order valence-corrected chi connectivity index (χ3v) is 5.04. The molecule has 2 aromatic rings. The Morgan fingerprint density at radius 3 is 1.96 bits per heavy atom. The molecule has 0 unspecified atom stereocenters. The summed E-state index contributed by atoms with van der Waals surface area (Å²) in [6.07, 6.45) is 4.65. The van der Waals surface area contributed by atoms with Crippen LogP contribution in [0.1, 0.15) is 42.9 Å². The van der Waals surface area contributed by atoms with E-state index in [9.17, 15) is 4.79 Å². The van der Waals surface area contributed by atoms with Crippen molar-refractivity contribution < 1.29 is 9.53 Å². The monoisotopic (exact) mass is 335 g/mol. The summed E-state index contributed by atoms with van der Waals surface area (Å²) < 4.78 is 6.15. The van der Waals surface area contributed by atoms with Gasteiger partial charge in [-0.25, -0.2) is 0 Å². The maximum Gasteiger partial charge on any atom is 0.248 e. The van der Waals surface area contributed by atoms with Gasteiger partial charge >= 0.3 is 0 Å². The minimum atomic E-state index is -0.201. The van der Waals surface area contributed by atoms with Crippen LogP contribution >= 0.6 is 0 Å². The van der Waals surface area contributed by atoms with Crippen molar-refractivity contribution in [2.45, 2.75) is 37.8 Å². The Kier molecular flexibility index (Phi) is 4.84. The van der Waals surface area contributed by atoms with Gasteiger partial charge in [0, 0.05) is 12.6 Å². The molecule has 2 aliphatic carbocycles. The first kappa shape index (κ1) is 16.3. The third-order valence-electron chi connectivity index (χ3n) is 5.04. The first-order valence-electron chi connectivity index (χ1n) is 9.32. The van der Waals surface area contributed by atoms with Gasteiger partial charge in [-0.1, -0.05) is 60.7 Å². The van der Waals surface area contributed by atoms with E-state index >= 15 is 0 Å². The second kappa shape index (κ2) is 7.40. The molecule has 2 aliphatic rings. The number of hydrogen-bond donors (Lipinski definition) is 0. The lowest BCUT2D eigenvalue weighted by atomic mass is 10.0. The summed E-state index contributed by atoms with van der Waals surface area (Å²) in [5.74, 6) is 0.870. The van der Waals surface area contributed by atoms with Gasteiger partial charge in [-0.3, -0.25) is 4.79 Å². The molecule has 0 N–H and O–H groups in total. The second-order valence-electron chi connectivity index (χ2n) is 7.23. The number of carbonyl (C=O) groups excluding carboxylic acids is 1. The summed E-state index contributed by atoms with van der Waals surface area (Å²) in [5, 5.41) is 0. The van der Waals surface area contributed by atoms with Gasteiger partial charge in [0.2, 0.25) is 5.91 Å². The van der Waals surface area contributed by atoms with E-state index < -0.39 is 0 Å². The Bertz CT molecular complexity index is 653. The van der Waals surface area contributed by atoms with Gasteiger partial charge in [0.1, 0.15) is 12.7 Å². The molecule has 130 valence electrons. The number of nitrogens with zero attached hydrogens (tertiary/aromatic N) is 1. The molecule has 4 rings (SSSR count). The fourth-order valence-corrected chi connectivity index (χ4v) is 3.30. The van der Waals surface area contributed by atoms with Crippen molar-refractivity contribution in [1.82, 2.24) is 4.90 Å². The number of benzene rings is 2. The quantitative estimate of drug-likeness (QED) is 0.724. The molecule has 25 heavy (non-hydrogen) atoms. The van der Waals surface area contributed by atoms with Gasteiger partial charge in [-0.05, 0) is 42.7 Å². The largest absolute Gasteiger partial charge is 0.359 e. The molecule has 2 fully saturated rings. The van der Waals surface area contributed by atoms with Crippen LogP contribution in [0, 0.1) is 5.92 Å². The van der Waals surface area contributed by atoms with Gasteiger partial charge in [0.15, 0.2) is 0 Å². The van der Waals surface area contributed by atoms with Gasteiger partial charge in [-0.2, -0.15) is 0 Å². The van der Waals surface area contributed by atoms with E-state index in [-0.39, 0.29) is 18.6 Å². The van der Waals surface area contributed by atoms with Crippen LogP contribution in [0.3, 0.4) is 0 Å². The van der Waals surface area contributed by atoms with Gasteiger partial charge < -0.3 is 9.64 Å². The first-order chi connectivity index (χ1) is 12.3. The van der Waals surface area contributed by atoms with E-state index in [1.807, 2.05) is 36.4 Å². The molecule has 3 heteroatoms. The van der Waals surface area contributed by atoms with Crippen molar-refractivity contribution >= 4 is 5.91 Å². The molecule has 0 heterocycles. The number of carbonyl (C=O) groups is 1. The van der Waals surface area contributed by atoms with Gasteiger partial charge in [-0.15, -0.1) is 0 Å². The minimum absolute atomic E-state index is 0.145. The van der Waals surface area contributed by atoms with Crippen molar-refractivity contribution in [1.29, 1.82) is 0 Å². The Morgan fingerprint density at radius 2 is 1.48 bits per heavy atom. The zero-order chi connectivity index (χ0) is 17.1. The van der Waals surface area contributed by atoms with E-state index in [0.717, 1.165) is 36.4 Å². The SMILES string of the molecule is O=C(COC(c1ccccc1)c1ccccc1)N(CC1CC1)C1CC1. The maximum absolute atomic E-state index is 12.8. The molecule has 3 nitrogen and oxygen atoms in total. The van der Waals surface area contributed by atoms with E-state index in [1.54, 1.807) is 0 Å². The summed E-state index contributed by atoms with van der Waals surface area (Å²) in [5.41, 5.74) is 2.17. The van der Waals surface area contributed by atoms with Crippen LogP contribution < -0.4 is 0 Å². The molecule has 0 atom stereocenters. The predicted octanol–water partition coefficient (Wildman–Crippen LogP) is 4.19. The highest BCUT2D eigenvalue weighted by Crippen LogP contribution is 2.35. The summed E-state index contributed by atoms with van der Waals surface area (Å²) in [6, 6.07) is 20.8. The molecule has 0 aromatic heterocycles. The minimum Gasteiger partial charge on any atom is -0.359 e. The van der Waals surface area contributed by atoms with Crippen LogP contribution in [-0.4, -0.2) is 30.0 Å². The van der Waals surface area contributed by atoms with Gasteiger partial charge in [0.25, 0.3) is 0 Å². The maximum atomic E-state index is 12.8. The standard InChI is InChI=1S/C22H25NO2/c24-21(23(20-13-14-20)15-17-11-12-17)16-25-22(18-7-3-1-4-8-18)19-9-5-2-6-10-19/h1-10,17,20,22H,11-16H2. The average Bonchev–Trinajstić information content (AvgIpc) is 3.56. The fraction of sp³-hybridized carbons (Fsp3) is 0.409. The molecular formula is C22H25NO2. The van der Waals surface area contributed by atoms with E-state index in [2.05, 4.69) is 29.2 Å². The Hall–Kier alpha value is -2.13. The molecule has 2 aromatic carbocycles. The van der Waals surface area contributed by atoms with Crippen molar-refractivity contribution in [2.75, 3.05) is 13.2 Å². The molecule has 0 saturated heterocycles. The van der Waals surface area contributed by atoms with Crippen LogP contribution in [0.15, 0.2) is 60.7 Å². The number of hydrogen-bond acceptors (Lipinski definition) is 2. The van der Waals surface area contributed by atoms with Crippen molar-refractivity contribution in [3.05, 3.63) is 71.8 Å². The molecule has 0 bridgehead atoms. The van der Waals surface area contributed by atoms with Gasteiger partial charge in [0.05, 0.1) is 0 Å². The zero-order valence-electron chi connectivity index (χ0n) is 14.5. The van der Waals surface area contributed by atoms with E-state index in [0.29, 0.717) is 6.04 Å². The Balaban J connectivity index is 1.46. The van der Waals surface area contributed by atoms with Crippen LogP contribution in [-0.2, 0) is 9.53 Å². The lowest BCUT2D eigenvalue weighted by Crippen LogP contribution is -2.37. The third kappa shape index (κ3) is 4.29. The molecule has 0 spiro atoms. The summed E-state index contributed by atoms with van der Waals surface area (Å²) in [6.45, 7) is 1.08. The molecule has 2 saturated carbocycles. The predicted molar refractivity (Wildman–Crippen MR) is 98.1 cm³/mol. The van der Waals surface area contributed by atoms with Crippen molar-refractivity contribution in [3.8, 4) is 0 Å². The highest BCUT2D eigenvalue weighted by Gasteiger charge is 2.36. The van der Waals surface area contributed by atoms with Crippen LogP contribution in [0.2, 0.25) is 0 Å². The van der Waals surface area contributed by atoms with Crippen LogP contribution in [0.4, 0.5) is 0 Å². The first-order valence-corrected chi connectivity index (χ1v) is 9.32. The van der Waals surface area contributed by atoms with Crippen molar-refractivity contribution in [3.63, 3.8) is 0 Å². The highest BCUT2D eigenvalue weighted by molar-refractivity contribution is 5.78. The van der Waals surface area contributed by atoms with E-state index in [1.165, 1.54) is 12.8 Å². The van der Waals surface area contributed by atoms with Crippen LogP contribution in [0.25, 0.3) is 0 Å². The van der Waals surface area contributed by atoms with E-state index in [4.69, 9.17) is 4.74 Å². The molecular weight excluding hydrogens is 310 g/mol. The lowest BCUT2D eigenvalue weighted by Gasteiger charge is -2.24. The highest BCUT2D eigenvalue weighted by atomic mass is 16.5. The summed E-state index contributed by atoms with van der Waals surface area (Å²) in [4.78, 5) is 14.8. The summed E-state index contributed by atoms with van der Waals surface area (Å²) in [7, 11) is 0.